The number of rotatable bonds is 5. The van der Waals surface area contributed by atoms with Crippen molar-refractivity contribution in [3.63, 3.8) is 0 Å². The molecule has 2 fully saturated rings. The smallest absolute Gasteiger partial charge is 0.317 e. The van der Waals surface area contributed by atoms with E-state index in [0.29, 0.717) is 0 Å². The number of amides is 2. The first-order valence-electron chi connectivity index (χ1n) is 12.9. The van der Waals surface area contributed by atoms with E-state index in [1.165, 1.54) is 60.3 Å². The van der Waals surface area contributed by atoms with Crippen LogP contribution in [0.1, 0.15) is 60.9 Å². The molecule has 5 rings (SSSR count). The number of aromatic nitrogens is 1. The van der Waals surface area contributed by atoms with Crippen LogP contribution in [0.4, 0.5) is 4.79 Å². The van der Waals surface area contributed by atoms with E-state index in [4.69, 9.17) is 16.6 Å². The van der Waals surface area contributed by atoms with Gasteiger partial charge in [0.15, 0.2) is 0 Å². The lowest BCUT2D eigenvalue weighted by atomic mass is 9.88. The molecular formula is C28H35ClN4O. The van der Waals surface area contributed by atoms with E-state index in [9.17, 15) is 4.79 Å². The van der Waals surface area contributed by atoms with Gasteiger partial charge in [-0.2, -0.15) is 0 Å². The fraction of sp³-hybridized carbons (Fsp3) is 0.500. The second kappa shape index (κ2) is 10.9. The third kappa shape index (κ3) is 5.31. The molecule has 0 unspecified atom stereocenters. The average molecular weight is 479 g/mol. The molecule has 0 spiro atoms. The Hall–Kier alpha value is -2.37. The van der Waals surface area contributed by atoms with Gasteiger partial charge >= 0.3 is 6.03 Å². The van der Waals surface area contributed by atoms with Crippen LogP contribution in [0.25, 0.3) is 5.57 Å². The summed E-state index contributed by atoms with van der Waals surface area (Å²) in [6.45, 7) is 5.93. The summed E-state index contributed by atoms with van der Waals surface area (Å²) in [5.74, 6) is 0. The molecule has 0 saturated carbocycles. The lowest BCUT2D eigenvalue weighted by Gasteiger charge is -2.30. The quantitative estimate of drug-likeness (QED) is 0.592. The van der Waals surface area contributed by atoms with Crippen molar-refractivity contribution in [1.29, 1.82) is 0 Å². The highest BCUT2D eigenvalue weighted by atomic mass is 35.5. The zero-order valence-corrected chi connectivity index (χ0v) is 20.7. The fourth-order valence-corrected chi connectivity index (χ4v) is 5.83. The predicted molar refractivity (Wildman–Crippen MR) is 138 cm³/mol. The van der Waals surface area contributed by atoms with Crippen molar-refractivity contribution >= 4 is 23.2 Å². The Morgan fingerprint density at radius 1 is 0.971 bits per heavy atom. The van der Waals surface area contributed by atoms with Crippen molar-refractivity contribution in [1.82, 2.24) is 20.1 Å². The van der Waals surface area contributed by atoms with Gasteiger partial charge in [-0.05, 0) is 106 Å². The summed E-state index contributed by atoms with van der Waals surface area (Å²) in [4.78, 5) is 22.1. The van der Waals surface area contributed by atoms with Crippen LogP contribution in [0.5, 0.6) is 0 Å². The van der Waals surface area contributed by atoms with Crippen LogP contribution in [-0.4, -0.2) is 60.1 Å². The molecule has 180 valence electrons. The molecule has 3 heterocycles. The highest BCUT2D eigenvalue weighted by Crippen LogP contribution is 2.38. The molecule has 2 aromatic rings. The van der Waals surface area contributed by atoms with Gasteiger partial charge < -0.3 is 15.1 Å². The lowest BCUT2D eigenvalue weighted by Crippen LogP contribution is -2.43. The van der Waals surface area contributed by atoms with Crippen LogP contribution in [0.2, 0.25) is 5.02 Å². The van der Waals surface area contributed by atoms with E-state index < -0.39 is 0 Å². The van der Waals surface area contributed by atoms with Crippen molar-refractivity contribution in [3.8, 4) is 0 Å². The van der Waals surface area contributed by atoms with Crippen molar-refractivity contribution < 1.29 is 4.79 Å². The number of aryl methyl sites for hydroxylation is 2. The molecule has 5 nitrogen and oxygen atoms in total. The topological polar surface area (TPSA) is 48.5 Å². The normalized spacial score (nSPS) is 18.4. The number of pyridine rings is 1. The third-order valence-corrected chi connectivity index (χ3v) is 7.75. The number of benzene rings is 1. The summed E-state index contributed by atoms with van der Waals surface area (Å²) < 4.78 is 0. The maximum absolute atomic E-state index is 12.8. The number of hydrogen-bond donors (Lipinski definition) is 1. The average Bonchev–Trinajstić information content (AvgIpc) is 3.32. The minimum absolute atomic E-state index is 0.0804. The molecule has 1 aromatic heterocycles. The maximum atomic E-state index is 12.8. The maximum Gasteiger partial charge on any atom is 0.317 e. The SMILES string of the molecule is O=C(NCCCCN1CCCC1)N1CCC(=C2c3ccc(Cl)cc3CCc3cccnc32)CC1. The zero-order valence-electron chi connectivity index (χ0n) is 20.0. The van der Waals surface area contributed by atoms with Crippen molar-refractivity contribution in [2.45, 2.75) is 51.4 Å². The van der Waals surface area contributed by atoms with Gasteiger partial charge in [0, 0.05) is 36.4 Å². The first-order chi connectivity index (χ1) is 16.7. The molecule has 2 aliphatic heterocycles. The molecule has 1 aliphatic carbocycles. The molecule has 1 aromatic carbocycles. The van der Waals surface area contributed by atoms with E-state index in [0.717, 1.165) is 68.9 Å². The Morgan fingerprint density at radius 3 is 2.59 bits per heavy atom. The Bertz CT molecular complexity index is 1050. The second-order valence-electron chi connectivity index (χ2n) is 9.77. The molecule has 6 heteroatoms. The number of nitrogens with zero attached hydrogens (tertiary/aromatic N) is 3. The predicted octanol–water partition coefficient (Wildman–Crippen LogP) is 5.32. The standard InChI is InChI=1S/C28H35ClN4O/c29-24-9-10-25-23(20-24)8-7-22-6-5-14-30-27(22)26(25)21-11-18-33(19-12-21)28(34)31-13-1-2-15-32-16-3-4-17-32/h5-6,9-10,14,20H,1-4,7-8,11-13,15-19H2,(H,31,34). The first-order valence-corrected chi connectivity index (χ1v) is 13.3. The molecule has 34 heavy (non-hydrogen) atoms. The minimum Gasteiger partial charge on any atom is -0.338 e. The summed E-state index contributed by atoms with van der Waals surface area (Å²) >= 11 is 6.34. The first kappa shape index (κ1) is 23.4. The van der Waals surface area contributed by atoms with Crippen LogP contribution < -0.4 is 5.32 Å². The number of unbranched alkanes of at least 4 members (excludes halogenated alkanes) is 1. The zero-order chi connectivity index (χ0) is 23.3. The van der Waals surface area contributed by atoms with E-state index in [-0.39, 0.29) is 6.03 Å². The van der Waals surface area contributed by atoms with E-state index >= 15 is 0 Å². The summed E-state index contributed by atoms with van der Waals surface area (Å²) in [5.41, 5.74) is 7.62. The number of carbonyl (C=O) groups excluding carboxylic acids is 1. The number of fused-ring (bicyclic) bond motifs is 2. The Labute approximate surface area is 208 Å². The number of nitrogens with one attached hydrogen (secondary N) is 1. The summed E-state index contributed by atoms with van der Waals surface area (Å²) in [7, 11) is 0. The highest BCUT2D eigenvalue weighted by Gasteiger charge is 2.26. The number of halogens is 1. The van der Waals surface area contributed by atoms with Gasteiger partial charge in [-0.25, -0.2) is 4.79 Å². The van der Waals surface area contributed by atoms with E-state index in [2.05, 4.69) is 28.4 Å². The second-order valence-corrected chi connectivity index (χ2v) is 10.2. The molecule has 0 bridgehead atoms. The highest BCUT2D eigenvalue weighted by molar-refractivity contribution is 6.30. The number of carbonyl (C=O) groups is 1. The summed E-state index contributed by atoms with van der Waals surface area (Å²) in [5, 5.41) is 3.93. The summed E-state index contributed by atoms with van der Waals surface area (Å²) in [6, 6.07) is 10.6. The number of urea groups is 1. The number of likely N-dealkylation sites (tertiary alicyclic amines) is 2. The van der Waals surface area contributed by atoms with Gasteiger partial charge in [-0.15, -0.1) is 0 Å². The van der Waals surface area contributed by atoms with Crippen LogP contribution in [0.15, 0.2) is 42.1 Å². The molecule has 2 amide bonds. The number of piperidine rings is 1. The van der Waals surface area contributed by atoms with Gasteiger partial charge in [0.2, 0.25) is 0 Å². The monoisotopic (exact) mass is 478 g/mol. The van der Waals surface area contributed by atoms with Gasteiger partial charge in [0.05, 0.1) is 5.69 Å². The van der Waals surface area contributed by atoms with Crippen LogP contribution in [0, 0.1) is 0 Å². The van der Waals surface area contributed by atoms with Crippen molar-refractivity contribution in [2.75, 3.05) is 39.3 Å². The van der Waals surface area contributed by atoms with Crippen molar-refractivity contribution in [2.24, 2.45) is 0 Å². The van der Waals surface area contributed by atoms with Gasteiger partial charge in [-0.1, -0.05) is 29.3 Å². The van der Waals surface area contributed by atoms with Crippen LogP contribution >= 0.6 is 11.6 Å². The largest absolute Gasteiger partial charge is 0.338 e. The lowest BCUT2D eigenvalue weighted by molar-refractivity contribution is 0.193. The van der Waals surface area contributed by atoms with Gasteiger partial charge in [0.1, 0.15) is 0 Å². The Morgan fingerprint density at radius 2 is 1.76 bits per heavy atom. The van der Waals surface area contributed by atoms with Crippen LogP contribution in [0.3, 0.4) is 0 Å². The van der Waals surface area contributed by atoms with E-state index in [1.54, 1.807) is 0 Å². The molecule has 1 N–H and O–H groups in total. The summed E-state index contributed by atoms with van der Waals surface area (Å²) in [6.07, 6.45) is 10.5. The molecule has 0 radical (unpaired) electrons. The molecule has 3 aliphatic rings. The van der Waals surface area contributed by atoms with E-state index in [1.807, 2.05) is 23.2 Å². The number of hydrogen-bond acceptors (Lipinski definition) is 3. The van der Waals surface area contributed by atoms with Crippen molar-refractivity contribution in [3.05, 3.63) is 69.5 Å². The Kier molecular flexibility index (Phi) is 7.51. The minimum atomic E-state index is 0.0804. The molecule has 2 saturated heterocycles. The third-order valence-electron chi connectivity index (χ3n) is 7.51. The van der Waals surface area contributed by atoms with Gasteiger partial charge in [0.25, 0.3) is 0 Å². The van der Waals surface area contributed by atoms with Gasteiger partial charge in [-0.3, -0.25) is 4.98 Å². The van der Waals surface area contributed by atoms with Crippen LogP contribution in [-0.2, 0) is 12.8 Å². The molecular weight excluding hydrogens is 444 g/mol. The Balaban J connectivity index is 1.23. The fourth-order valence-electron chi connectivity index (χ4n) is 5.64. The molecule has 0 atom stereocenters.